The summed E-state index contributed by atoms with van der Waals surface area (Å²) in [7, 11) is 3.13. The Morgan fingerprint density at radius 1 is 0.917 bits per heavy atom. The second kappa shape index (κ2) is 12.3. The minimum Gasteiger partial charge on any atom is -0.497 e. The van der Waals surface area contributed by atoms with Crippen molar-refractivity contribution in [2.45, 2.75) is 45.7 Å². The van der Waals surface area contributed by atoms with Crippen molar-refractivity contribution in [3.8, 4) is 11.5 Å². The molecule has 2 heterocycles. The van der Waals surface area contributed by atoms with E-state index >= 15 is 0 Å². The second-order valence-electron chi connectivity index (χ2n) is 10.2. The third kappa shape index (κ3) is 6.78. The van der Waals surface area contributed by atoms with Crippen molar-refractivity contribution in [1.82, 2.24) is 15.1 Å². The minimum atomic E-state index is -0.0748. The van der Waals surface area contributed by atoms with Gasteiger partial charge >= 0.3 is 0 Å². The van der Waals surface area contributed by atoms with E-state index in [1.54, 1.807) is 37.3 Å². The summed E-state index contributed by atoms with van der Waals surface area (Å²) in [6.45, 7) is 7.33. The topological polar surface area (TPSA) is 71.1 Å². The van der Waals surface area contributed by atoms with Crippen LogP contribution in [0.5, 0.6) is 11.5 Å². The number of hydrogen-bond donors (Lipinski definition) is 1. The lowest BCUT2D eigenvalue weighted by molar-refractivity contribution is -0.126. The molecule has 0 bridgehead atoms. The molecule has 1 unspecified atom stereocenters. The summed E-state index contributed by atoms with van der Waals surface area (Å²) in [5, 5.41) is 3.10. The molecule has 7 heteroatoms. The number of benzene rings is 2. The van der Waals surface area contributed by atoms with E-state index in [-0.39, 0.29) is 17.7 Å². The molecule has 0 radical (unpaired) electrons. The molecular formula is C29H39N3O4. The molecule has 0 spiro atoms. The fourth-order valence-electron chi connectivity index (χ4n) is 5.24. The summed E-state index contributed by atoms with van der Waals surface area (Å²) in [5.74, 6) is 1.88. The normalized spacial score (nSPS) is 19.1. The Bertz CT molecular complexity index is 1010. The lowest BCUT2D eigenvalue weighted by Crippen LogP contribution is -2.42. The van der Waals surface area contributed by atoms with E-state index in [4.69, 9.17) is 9.47 Å². The van der Waals surface area contributed by atoms with E-state index < -0.39 is 0 Å². The van der Waals surface area contributed by atoms with E-state index in [1.807, 2.05) is 0 Å². The van der Waals surface area contributed by atoms with Gasteiger partial charge in [0.2, 0.25) is 5.91 Å². The number of hydrogen-bond acceptors (Lipinski definition) is 5. The number of carbonyl (C=O) groups is 2. The number of amides is 2. The molecule has 1 N–H and O–H groups in total. The summed E-state index contributed by atoms with van der Waals surface area (Å²) >= 11 is 0. The molecule has 2 saturated heterocycles. The van der Waals surface area contributed by atoms with E-state index in [1.165, 1.54) is 31.5 Å². The zero-order valence-electron chi connectivity index (χ0n) is 21.8. The quantitative estimate of drug-likeness (QED) is 0.600. The highest BCUT2D eigenvalue weighted by atomic mass is 16.5. The van der Waals surface area contributed by atoms with Crippen molar-refractivity contribution in [3.63, 3.8) is 0 Å². The van der Waals surface area contributed by atoms with E-state index in [0.717, 1.165) is 18.0 Å². The maximum Gasteiger partial charge on any atom is 0.254 e. The molecule has 2 aliphatic rings. The molecule has 1 atom stereocenters. The fraction of sp³-hybridized carbons (Fsp3) is 0.517. The van der Waals surface area contributed by atoms with Crippen LogP contribution in [0.4, 0.5) is 0 Å². The monoisotopic (exact) mass is 493 g/mol. The van der Waals surface area contributed by atoms with Crippen molar-refractivity contribution in [2.24, 2.45) is 11.8 Å². The van der Waals surface area contributed by atoms with Crippen LogP contribution in [-0.2, 0) is 17.9 Å². The van der Waals surface area contributed by atoms with Crippen molar-refractivity contribution in [3.05, 3.63) is 59.2 Å². The number of carbonyl (C=O) groups excluding carboxylic acids is 2. The molecule has 2 fully saturated rings. The van der Waals surface area contributed by atoms with Gasteiger partial charge in [-0.05, 0) is 61.4 Å². The maximum absolute atomic E-state index is 13.0. The predicted molar refractivity (Wildman–Crippen MR) is 140 cm³/mol. The lowest BCUT2D eigenvalue weighted by Gasteiger charge is -2.31. The Labute approximate surface area is 214 Å². The first-order valence-electron chi connectivity index (χ1n) is 13.1. The maximum atomic E-state index is 13.0. The van der Waals surface area contributed by atoms with E-state index in [0.29, 0.717) is 49.5 Å². The van der Waals surface area contributed by atoms with Gasteiger partial charge in [0.15, 0.2) is 0 Å². The highest BCUT2D eigenvalue weighted by Crippen LogP contribution is 2.25. The van der Waals surface area contributed by atoms with E-state index in [2.05, 4.69) is 41.4 Å². The zero-order valence-corrected chi connectivity index (χ0v) is 21.8. The summed E-state index contributed by atoms with van der Waals surface area (Å²) in [5.41, 5.74) is 2.97. The molecule has 7 nitrogen and oxygen atoms in total. The van der Waals surface area contributed by atoms with Crippen LogP contribution < -0.4 is 14.8 Å². The van der Waals surface area contributed by atoms with Crippen LogP contribution in [0, 0.1) is 11.8 Å². The number of likely N-dealkylation sites (tertiary alicyclic amines) is 2. The molecule has 0 aliphatic carbocycles. The molecule has 2 aromatic carbocycles. The standard InChI is InChI=1S/C29H39N3O4/c1-21-5-4-12-31(19-21)20-23-8-6-22(7-9-23)18-30-28(33)24-10-13-32(14-11-24)29(34)25-15-26(35-2)17-27(16-25)36-3/h6-9,15-17,21,24H,4-5,10-14,18-20H2,1-3H3,(H,30,33). The third-order valence-corrected chi connectivity index (χ3v) is 7.39. The van der Waals surface area contributed by atoms with E-state index in [9.17, 15) is 9.59 Å². The van der Waals surface area contributed by atoms with Crippen LogP contribution >= 0.6 is 0 Å². The highest BCUT2D eigenvalue weighted by molar-refractivity contribution is 5.95. The van der Waals surface area contributed by atoms with Gasteiger partial charge in [0, 0.05) is 50.3 Å². The van der Waals surface area contributed by atoms with Gasteiger partial charge in [0.25, 0.3) is 5.91 Å². The van der Waals surface area contributed by atoms with Crippen LogP contribution in [0.15, 0.2) is 42.5 Å². The Morgan fingerprint density at radius 2 is 1.56 bits per heavy atom. The molecular weight excluding hydrogens is 454 g/mol. The predicted octanol–water partition coefficient (Wildman–Crippen LogP) is 4.10. The fourth-order valence-corrected chi connectivity index (χ4v) is 5.24. The largest absolute Gasteiger partial charge is 0.497 e. The average molecular weight is 494 g/mol. The Hall–Kier alpha value is -3.06. The van der Waals surface area contributed by atoms with Crippen molar-refractivity contribution < 1.29 is 19.1 Å². The van der Waals surface area contributed by atoms with Gasteiger partial charge < -0.3 is 19.7 Å². The third-order valence-electron chi connectivity index (χ3n) is 7.39. The number of ether oxygens (including phenoxy) is 2. The Kier molecular flexibility index (Phi) is 8.86. The second-order valence-corrected chi connectivity index (χ2v) is 10.2. The molecule has 0 aromatic heterocycles. The van der Waals surface area contributed by atoms with Crippen LogP contribution in [0.1, 0.15) is 54.1 Å². The van der Waals surface area contributed by atoms with Crippen LogP contribution in [0.3, 0.4) is 0 Å². The van der Waals surface area contributed by atoms with Gasteiger partial charge in [-0.25, -0.2) is 0 Å². The Morgan fingerprint density at radius 3 is 2.17 bits per heavy atom. The first kappa shape index (κ1) is 26.0. The number of rotatable bonds is 8. The minimum absolute atomic E-state index is 0.0647. The number of nitrogens with one attached hydrogen (secondary N) is 1. The molecule has 0 saturated carbocycles. The first-order valence-corrected chi connectivity index (χ1v) is 13.1. The molecule has 194 valence electrons. The summed E-state index contributed by atoms with van der Waals surface area (Å²) in [6.07, 6.45) is 3.94. The smallest absolute Gasteiger partial charge is 0.254 e. The van der Waals surface area contributed by atoms with Crippen LogP contribution in [0.25, 0.3) is 0 Å². The SMILES string of the molecule is COc1cc(OC)cc(C(=O)N2CCC(C(=O)NCc3ccc(CN4CCCC(C)C4)cc3)CC2)c1. The molecule has 2 amide bonds. The zero-order chi connectivity index (χ0) is 25.5. The van der Waals surface area contributed by atoms with Gasteiger partial charge in [-0.1, -0.05) is 31.2 Å². The number of nitrogens with zero attached hydrogens (tertiary/aromatic N) is 2. The van der Waals surface area contributed by atoms with Crippen LogP contribution in [-0.4, -0.2) is 62.0 Å². The van der Waals surface area contributed by atoms with Gasteiger partial charge in [0.05, 0.1) is 14.2 Å². The van der Waals surface area contributed by atoms with Crippen molar-refractivity contribution in [1.29, 1.82) is 0 Å². The lowest BCUT2D eigenvalue weighted by atomic mass is 9.95. The molecule has 2 aromatic rings. The number of piperidine rings is 2. The van der Waals surface area contributed by atoms with Crippen LogP contribution in [0.2, 0.25) is 0 Å². The van der Waals surface area contributed by atoms with Gasteiger partial charge in [-0.15, -0.1) is 0 Å². The summed E-state index contributed by atoms with van der Waals surface area (Å²) in [6, 6.07) is 13.8. The van der Waals surface area contributed by atoms with Gasteiger partial charge in [-0.3, -0.25) is 14.5 Å². The average Bonchev–Trinajstić information content (AvgIpc) is 2.92. The molecule has 2 aliphatic heterocycles. The van der Waals surface area contributed by atoms with Gasteiger partial charge in [0.1, 0.15) is 11.5 Å². The molecule has 4 rings (SSSR count). The summed E-state index contributed by atoms with van der Waals surface area (Å²) in [4.78, 5) is 30.1. The Balaban J connectivity index is 1.23. The van der Waals surface area contributed by atoms with Crippen molar-refractivity contribution in [2.75, 3.05) is 40.4 Å². The highest BCUT2D eigenvalue weighted by Gasteiger charge is 2.28. The van der Waals surface area contributed by atoms with Gasteiger partial charge in [-0.2, -0.15) is 0 Å². The van der Waals surface area contributed by atoms with Crippen molar-refractivity contribution >= 4 is 11.8 Å². The molecule has 36 heavy (non-hydrogen) atoms. The number of methoxy groups -OCH3 is 2. The first-order chi connectivity index (χ1) is 17.4. The summed E-state index contributed by atoms with van der Waals surface area (Å²) < 4.78 is 10.6.